The number of aryl methyl sites for hydroxylation is 5. The molecule has 4 aromatic rings. The summed E-state index contributed by atoms with van der Waals surface area (Å²) in [7, 11) is 0. The van der Waals surface area contributed by atoms with E-state index in [-0.39, 0.29) is 0 Å². The second kappa shape index (κ2) is 10.4. The van der Waals surface area contributed by atoms with Gasteiger partial charge in [-0.1, -0.05) is 107 Å². The Morgan fingerprint density at radius 1 is 0.529 bits per heavy atom. The molecule has 0 spiro atoms. The zero-order chi connectivity index (χ0) is 24.1. The van der Waals surface area contributed by atoms with Crippen molar-refractivity contribution in [1.29, 1.82) is 0 Å². The Morgan fingerprint density at radius 3 is 1.44 bits per heavy atom. The fraction of sp³-hybridized carbons (Fsp3) is 0.152. The molecule has 1 nitrogen and oxygen atoms in total. The topological polar surface area (TPSA) is 12.0 Å². The van der Waals surface area contributed by atoms with Gasteiger partial charge in [-0.15, -0.1) is 0 Å². The number of benzene rings is 4. The third kappa shape index (κ3) is 6.14. The van der Waals surface area contributed by atoms with Gasteiger partial charge in [-0.25, -0.2) is 0 Å². The van der Waals surface area contributed by atoms with Gasteiger partial charge in [0.2, 0.25) is 0 Å². The first kappa shape index (κ1) is 23.3. The molecule has 4 rings (SSSR count). The molecule has 0 saturated heterocycles. The van der Waals surface area contributed by atoms with Crippen molar-refractivity contribution in [1.82, 2.24) is 0 Å². The van der Waals surface area contributed by atoms with Gasteiger partial charge in [0.15, 0.2) is 0 Å². The summed E-state index contributed by atoms with van der Waals surface area (Å²) in [4.78, 5) is 0. The lowest BCUT2D eigenvalue weighted by Crippen LogP contribution is -1.92. The molecule has 34 heavy (non-hydrogen) atoms. The molecule has 4 aromatic carbocycles. The highest BCUT2D eigenvalue weighted by atomic mass is 14.9. The molecule has 1 heteroatoms. The smallest absolute Gasteiger partial charge is 0.0384 e. The van der Waals surface area contributed by atoms with Gasteiger partial charge in [-0.2, -0.15) is 0 Å². The zero-order valence-corrected chi connectivity index (χ0v) is 20.8. The van der Waals surface area contributed by atoms with Crippen LogP contribution in [0.5, 0.6) is 0 Å². The quantitative estimate of drug-likeness (QED) is 0.293. The van der Waals surface area contributed by atoms with E-state index in [0.29, 0.717) is 0 Å². The summed E-state index contributed by atoms with van der Waals surface area (Å²) in [5.41, 5.74) is 13.5. The fourth-order valence-electron chi connectivity index (χ4n) is 4.36. The van der Waals surface area contributed by atoms with E-state index in [1.807, 2.05) is 0 Å². The van der Waals surface area contributed by atoms with E-state index in [9.17, 15) is 0 Å². The van der Waals surface area contributed by atoms with Gasteiger partial charge in [0.05, 0.1) is 0 Å². The SMILES string of the molecule is Cc1ccc(Nc2ccc(/C=C/C=C(c3cc(C)cc(C)c3)c3cc(C)cc(C)c3)cc2)cc1. The predicted molar refractivity (Wildman–Crippen MR) is 149 cm³/mol. The Morgan fingerprint density at radius 2 is 0.971 bits per heavy atom. The van der Waals surface area contributed by atoms with Crippen LogP contribution in [0.1, 0.15) is 44.5 Å². The maximum absolute atomic E-state index is 3.46. The van der Waals surface area contributed by atoms with Crippen molar-refractivity contribution in [2.45, 2.75) is 34.6 Å². The van der Waals surface area contributed by atoms with E-state index in [0.717, 1.165) is 11.4 Å². The first-order valence-electron chi connectivity index (χ1n) is 11.9. The van der Waals surface area contributed by atoms with Crippen LogP contribution in [0.2, 0.25) is 0 Å². The molecule has 0 fully saturated rings. The van der Waals surface area contributed by atoms with Crippen LogP contribution in [0, 0.1) is 34.6 Å². The average molecular weight is 444 g/mol. The summed E-state index contributed by atoms with van der Waals surface area (Å²) in [5.74, 6) is 0. The van der Waals surface area contributed by atoms with Gasteiger partial charge in [0.25, 0.3) is 0 Å². The Labute approximate surface area is 204 Å². The van der Waals surface area contributed by atoms with Crippen molar-refractivity contribution >= 4 is 23.0 Å². The van der Waals surface area contributed by atoms with Crippen molar-refractivity contribution < 1.29 is 0 Å². The Hall–Kier alpha value is -3.84. The minimum atomic E-state index is 1.09. The van der Waals surface area contributed by atoms with Crippen molar-refractivity contribution in [2.24, 2.45) is 0 Å². The van der Waals surface area contributed by atoms with Gasteiger partial charge in [0, 0.05) is 11.4 Å². The standard InChI is InChI=1S/C33H33N/c1-23-9-13-31(14-10-23)34-32-15-11-28(12-16-32)7-6-8-33(29-19-24(2)17-25(3)20-29)30-21-26(4)18-27(5)22-30/h6-22,34H,1-5H3/b7-6+. The molecule has 0 radical (unpaired) electrons. The number of anilines is 2. The van der Waals surface area contributed by atoms with Gasteiger partial charge in [-0.3, -0.25) is 0 Å². The van der Waals surface area contributed by atoms with E-state index in [1.54, 1.807) is 0 Å². The summed E-state index contributed by atoms with van der Waals surface area (Å²) < 4.78 is 0. The minimum absolute atomic E-state index is 1.09. The normalized spacial score (nSPS) is 11.0. The fourth-order valence-corrected chi connectivity index (χ4v) is 4.36. The van der Waals surface area contributed by atoms with E-state index < -0.39 is 0 Å². The zero-order valence-electron chi connectivity index (χ0n) is 20.8. The highest BCUT2D eigenvalue weighted by Gasteiger charge is 2.07. The van der Waals surface area contributed by atoms with E-state index in [1.165, 1.54) is 50.1 Å². The van der Waals surface area contributed by atoms with Gasteiger partial charge in [0.1, 0.15) is 0 Å². The molecule has 0 aliphatic rings. The van der Waals surface area contributed by atoms with Crippen LogP contribution < -0.4 is 5.32 Å². The minimum Gasteiger partial charge on any atom is -0.356 e. The van der Waals surface area contributed by atoms with Gasteiger partial charge >= 0.3 is 0 Å². The van der Waals surface area contributed by atoms with Crippen LogP contribution in [-0.2, 0) is 0 Å². The van der Waals surface area contributed by atoms with Crippen molar-refractivity contribution in [3.05, 3.63) is 142 Å². The Bertz CT molecular complexity index is 1240. The molecule has 0 aromatic heterocycles. The van der Waals surface area contributed by atoms with E-state index >= 15 is 0 Å². The molecule has 0 heterocycles. The monoisotopic (exact) mass is 443 g/mol. The number of rotatable bonds is 6. The van der Waals surface area contributed by atoms with Crippen LogP contribution in [0.3, 0.4) is 0 Å². The largest absolute Gasteiger partial charge is 0.356 e. The maximum atomic E-state index is 3.46. The number of hydrogen-bond donors (Lipinski definition) is 1. The molecule has 0 bridgehead atoms. The second-order valence-electron chi connectivity index (χ2n) is 9.31. The van der Waals surface area contributed by atoms with Gasteiger partial charge < -0.3 is 5.32 Å². The molecular weight excluding hydrogens is 410 g/mol. The highest BCUT2D eigenvalue weighted by molar-refractivity contribution is 5.82. The molecule has 0 atom stereocenters. The van der Waals surface area contributed by atoms with E-state index in [4.69, 9.17) is 0 Å². The van der Waals surface area contributed by atoms with Crippen molar-refractivity contribution in [3.63, 3.8) is 0 Å². The van der Waals surface area contributed by atoms with E-state index in [2.05, 4.69) is 143 Å². The summed E-state index contributed by atoms with van der Waals surface area (Å²) in [5, 5.41) is 3.46. The van der Waals surface area contributed by atoms with Gasteiger partial charge in [-0.05, 0) is 81.1 Å². The Balaban J connectivity index is 1.60. The molecule has 0 aliphatic heterocycles. The first-order valence-corrected chi connectivity index (χ1v) is 11.9. The molecule has 170 valence electrons. The third-order valence-corrected chi connectivity index (χ3v) is 5.87. The third-order valence-electron chi connectivity index (χ3n) is 5.87. The first-order chi connectivity index (χ1) is 16.4. The molecule has 0 unspecified atom stereocenters. The lowest BCUT2D eigenvalue weighted by atomic mass is 9.92. The van der Waals surface area contributed by atoms with Crippen molar-refractivity contribution in [2.75, 3.05) is 5.32 Å². The summed E-state index contributed by atoms with van der Waals surface area (Å²) in [6.45, 7) is 10.8. The molecule has 0 amide bonds. The van der Waals surface area contributed by atoms with Crippen LogP contribution in [0.15, 0.2) is 97.1 Å². The van der Waals surface area contributed by atoms with Crippen molar-refractivity contribution in [3.8, 4) is 0 Å². The predicted octanol–water partition coefficient (Wildman–Crippen LogP) is 9.12. The molecular formula is C33H33N. The second-order valence-corrected chi connectivity index (χ2v) is 9.31. The lowest BCUT2D eigenvalue weighted by Gasteiger charge is -2.12. The molecule has 1 N–H and O–H groups in total. The highest BCUT2D eigenvalue weighted by Crippen LogP contribution is 2.27. The number of nitrogens with one attached hydrogen (secondary N) is 1. The number of allylic oxidation sites excluding steroid dienone is 2. The maximum Gasteiger partial charge on any atom is 0.0384 e. The lowest BCUT2D eigenvalue weighted by molar-refractivity contribution is 1.34. The van der Waals surface area contributed by atoms with Crippen LogP contribution >= 0.6 is 0 Å². The number of hydrogen-bond acceptors (Lipinski definition) is 1. The average Bonchev–Trinajstić information content (AvgIpc) is 2.78. The van der Waals surface area contributed by atoms with Crippen LogP contribution in [-0.4, -0.2) is 0 Å². The summed E-state index contributed by atoms with van der Waals surface area (Å²) >= 11 is 0. The molecule has 0 aliphatic carbocycles. The Kier molecular flexibility index (Phi) is 7.13. The summed E-state index contributed by atoms with van der Waals surface area (Å²) in [6.07, 6.45) is 6.56. The summed E-state index contributed by atoms with van der Waals surface area (Å²) in [6, 6.07) is 30.5. The molecule has 0 saturated carbocycles. The van der Waals surface area contributed by atoms with Crippen LogP contribution in [0.4, 0.5) is 11.4 Å². The van der Waals surface area contributed by atoms with Crippen LogP contribution in [0.25, 0.3) is 11.6 Å².